The molecule has 0 aliphatic heterocycles. The molecule has 4 heteroatoms. The Kier molecular flexibility index (Phi) is 7.48. The fraction of sp³-hybridized carbons (Fsp3) is 0.600. The SMILES string of the molecule is CCOCC(O)COc1ccc(CC(C)NC)cc1. The molecule has 0 heterocycles. The zero-order valence-corrected chi connectivity index (χ0v) is 12.1. The average molecular weight is 267 g/mol. The molecular weight excluding hydrogens is 242 g/mol. The Labute approximate surface area is 115 Å². The quantitative estimate of drug-likeness (QED) is 0.714. The molecule has 0 amide bonds. The van der Waals surface area contributed by atoms with Crippen LogP contribution in [-0.4, -0.2) is 44.1 Å². The maximum absolute atomic E-state index is 9.59. The largest absolute Gasteiger partial charge is 0.491 e. The minimum atomic E-state index is -0.580. The molecule has 2 unspecified atom stereocenters. The summed E-state index contributed by atoms with van der Waals surface area (Å²) in [4.78, 5) is 0. The van der Waals surface area contributed by atoms with Crippen molar-refractivity contribution in [1.82, 2.24) is 5.32 Å². The lowest BCUT2D eigenvalue weighted by Crippen LogP contribution is -2.24. The highest BCUT2D eigenvalue weighted by Gasteiger charge is 2.05. The van der Waals surface area contributed by atoms with Gasteiger partial charge in [0.2, 0.25) is 0 Å². The van der Waals surface area contributed by atoms with E-state index in [1.54, 1.807) is 0 Å². The Bertz CT molecular complexity index is 340. The zero-order valence-electron chi connectivity index (χ0n) is 12.1. The van der Waals surface area contributed by atoms with E-state index in [9.17, 15) is 5.11 Å². The molecule has 2 N–H and O–H groups in total. The van der Waals surface area contributed by atoms with E-state index in [1.807, 2.05) is 26.1 Å². The predicted octanol–water partition coefficient (Wildman–Crippen LogP) is 1.61. The van der Waals surface area contributed by atoms with E-state index in [1.165, 1.54) is 5.56 Å². The lowest BCUT2D eigenvalue weighted by atomic mass is 10.1. The summed E-state index contributed by atoms with van der Waals surface area (Å²) in [7, 11) is 1.96. The summed E-state index contributed by atoms with van der Waals surface area (Å²) < 4.78 is 10.6. The monoisotopic (exact) mass is 267 g/mol. The van der Waals surface area contributed by atoms with Crippen LogP contribution in [0, 0.1) is 0 Å². The summed E-state index contributed by atoms with van der Waals surface area (Å²) in [5.74, 6) is 0.774. The molecule has 0 saturated carbocycles. The lowest BCUT2D eigenvalue weighted by molar-refractivity contribution is 0.0164. The van der Waals surface area contributed by atoms with Crippen LogP contribution < -0.4 is 10.1 Å². The molecule has 1 rings (SSSR count). The van der Waals surface area contributed by atoms with Crippen LogP contribution in [0.25, 0.3) is 0 Å². The molecule has 0 saturated heterocycles. The lowest BCUT2D eigenvalue weighted by Gasteiger charge is -2.13. The van der Waals surface area contributed by atoms with Crippen LogP contribution in [0.5, 0.6) is 5.75 Å². The van der Waals surface area contributed by atoms with Gasteiger partial charge >= 0.3 is 0 Å². The van der Waals surface area contributed by atoms with Gasteiger partial charge in [0, 0.05) is 12.6 Å². The van der Waals surface area contributed by atoms with Gasteiger partial charge in [-0.05, 0) is 45.0 Å². The topological polar surface area (TPSA) is 50.7 Å². The van der Waals surface area contributed by atoms with E-state index < -0.39 is 6.10 Å². The third-order valence-electron chi connectivity index (χ3n) is 2.91. The minimum Gasteiger partial charge on any atom is -0.491 e. The van der Waals surface area contributed by atoms with Gasteiger partial charge in [-0.3, -0.25) is 0 Å². The molecule has 19 heavy (non-hydrogen) atoms. The number of aliphatic hydroxyl groups is 1. The van der Waals surface area contributed by atoms with Crippen molar-refractivity contribution in [3.63, 3.8) is 0 Å². The average Bonchev–Trinajstić information content (AvgIpc) is 2.44. The number of hydrogen-bond donors (Lipinski definition) is 2. The number of hydrogen-bond acceptors (Lipinski definition) is 4. The predicted molar refractivity (Wildman–Crippen MR) is 76.7 cm³/mol. The second-order valence-electron chi connectivity index (χ2n) is 4.66. The standard InChI is InChI=1S/C15H25NO3/c1-4-18-10-14(17)11-19-15-7-5-13(6-8-15)9-12(2)16-3/h5-8,12,14,16-17H,4,9-11H2,1-3H3. The van der Waals surface area contributed by atoms with E-state index in [0.29, 0.717) is 19.3 Å². The Morgan fingerprint density at radius 3 is 2.47 bits per heavy atom. The van der Waals surface area contributed by atoms with Crippen LogP contribution in [0.2, 0.25) is 0 Å². The van der Waals surface area contributed by atoms with Gasteiger partial charge in [-0.15, -0.1) is 0 Å². The highest BCUT2D eigenvalue weighted by molar-refractivity contribution is 5.27. The molecule has 0 spiro atoms. The van der Waals surface area contributed by atoms with Crippen LogP contribution in [-0.2, 0) is 11.2 Å². The fourth-order valence-electron chi connectivity index (χ4n) is 1.67. The van der Waals surface area contributed by atoms with Crippen LogP contribution in [0.4, 0.5) is 0 Å². The van der Waals surface area contributed by atoms with Gasteiger partial charge in [0.25, 0.3) is 0 Å². The highest BCUT2D eigenvalue weighted by Crippen LogP contribution is 2.13. The molecule has 0 radical (unpaired) electrons. The van der Waals surface area contributed by atoms with Crippen molar-refractivity contribution in [1.29, 1.82) is 0 Å². The van der Waals surface area contributed by atoms with E-state index in [4.69, 9.17) is 9.47 Å². The molecule has 0 aliphatic rings. The van der Waals surface area contributed by atoms with Crippen molar-refractivity contribution in [3.8, 4) is 5.75 Å². The van der Waals surface area contributed by atoms with E-state index in [0.717, 1.165) is 12.2 Å². The molecule has 0 aromatic heterocycles. The first-order chi connectivity index (χ1) is 9.15. The zero-order chi connectivity index (χ0) is 14.1. The molecule has 2 atom stereocenters. The highest BCUT2D eigenvalue weighted by atomic mass is 16.5. The van der Waals surface area contributed by atoms with Crippen LogP contribution in [0.1, 0.15) is 19.4 Å². The Morgan fingerprint density at radius 2 is 1.89 bits per heavy atom. The maximum Gasteiger partial charge on any atom is 0.119 e. The Hall–Kier alpha value is -1.10. The second-order valence-corrected chi connectivity index (χ2v) is 4.66. The van der Waals surface area contributed by atoms with Gasteiger partial charge in [0.05, 0.1) is 6.61 Å². The van der Waals surface area contributed by atoms with Gasteiger partial charge in [-0.2, -0.15) is 0 Å². The molecule has 108 valence electrons. The molecule has 1 aromatic carbocycles. The third-order valence-corrected chi connectivity index (χ3v) is 2.91. The van der Waals surface area contributed by atoms with E-state index >= 15 is 0 Å². The normalized spacial score (nSPS) is 14.1. The van der Waals surface area contributed by atoms with E-state index in [2.05, 4.69) is 24.4 Å². The fourth-order valence-corrected chi connectivity index (χ4v) is 1.67. The van der Waals surface area contributed by atoms with Crippen molar-refractivity contribution in [2.75, 3.05) is 26.9 Å². The summed E-state index contributed by atoms with van der Waals surface area (Å²) in [5, 5.41) is 12.8. The summed E-state index contributed by atoms with van der Waals surface area (Å²) in [6.45, 7) is 5.23. The van der Waals surface area contributed by atoms with Crippen molar-refractivity contribution in [3.05, 3.63) is 29.8 Å². The van der Waals surface area contributed by atoms with Gasteiger partial charge in [-0.1, -0.05) is 12.1 Å². The number of rotatable bonds is 9. The summed E-state index contributed by atoms with van der Waals surface area (Å²) in [5.41, 5.74) is 1.27. The van der Waals surface area contributed by atoms with Crippen LogP contribution in [0.15, 0.2) is 24.3 Å². The minimum absolute atomic E-state index is 0.256. The number of likely N-dealkylation sites (N-methyl/N-ethyl adjacent to an activating group) is 1. The van der Waals surface area contributed by atoms with Crippen molar-refractivity contribution in [2.24, 2.45) is 0 Å². The van der Waals surface area contributed by atoms with Gasteiger partial charge in [0.15, 0.2) is 0 Å². The summed E-state index contributed by atoms with van der Waals surface area (Å²) in [6.07, 6.45) is 0.410. The number of aliphatic hydroxyl groups excluding tert-OH is 1. The molecule has 0 bridgehead atoms. The molecule has 1 aromatic rings. The van der Waals surface area contributed by atoms with Crippen molar-refractivity contribution >= 4 is 0 Å². The first kappa shape index (κ1) is 16.0. The number of benzene rings is 1. The van der Waals surface area contributed by atoms with E-state index in [-0.39, 0.29) is 6.61 Å². The summed E-state index contributed by atoms with van der Waals surface area (Å²) >= 11 is 0. The Balaban J connectivity index is 2.35. The van der Waals surface area contributed by atoms with Crippen LogP contribution >= 0.6 is 0 Å². The van der Waals surface area contributed by atoms with Gasteiger partial charge in [0.1, 0.15) is 18.5 Å². The number of ether oxygens (including phenoxy) is 2. The molecule has 0 fully saturated rings. The third kappa shape index (κ3) is 6.57. The molecule has 4 nitrogen and oxygen atoms in total. The Morgan fingerprint density at radius 1 is 1.21 bits per heavy atom. The first-order valence-corrected chi connectivity index (χ1v) is 6.80. The molecule has 0 aliphatic carbocycles. The smallest absolute Gasteiger partial charge is 0.119 e. The van der Waals surface area contributed by atoms with Gasteiger partial charge < -0.3 is 19.9 Å². The van der Waals surface area contributed by atoms with Crippen LogP contribution in [0.3, 0.4) is 0 Å². The summed E-state index contributed by atoms with van der Waals surface area (Å²) in [6, 6.07) is 8.44. The second kappa shape index (κ2) is 8.91. The van der Waals surface area contributed by atoms with Crippen molar-refractivity contribution < 1.29 is 14.6 Å². The number of nitrogens with one attached hydrogen (secondary N) is 1. The first-order valence-electron chi connectivity index (χ1n) is 6.80. The molecular formula is C15H25NO3. The van der Waals surface area contributed by atoms with Crippen molar-refractivity contribution in [2.45, 2.75) is 32.4 Å². The maximum atomic E-state index is 9.59. The van der Waals surface area contributed by atoms with Gasteiger partial charge in [-0.25, -0.2) is 0 Å².